The average molecular weight is 528 g/mol. The average Bonchev–Trinajstić information content (AvgIpc) is 2.85. The summed E-state index contributed by atoms with van der Waals surface area (Å²) in [5, 5.41) is 2.97. The number of sulfonamides is 1. The van der Waals surface area contributed by atoms with Crippen LogP contribution in [0.25, 0.3) is 0 Å². The molecule has 1 N–H and O–H groups in total. The zero-order valence-corrected chi connectivity index (χ0v) is 22.3. The molecule has 3 aromatic carbocycles. The van der Waals surface area contributed by atoms with Gasteiger partial charge in [-0.3, -0.25) is 13.9 Å². The van der Waals surface area contributed by atoms with Crippen molar-refractivity contribution in [3.8, 4) is 0 Å². The van der Waals surface area contributed by atoms with Crippen molar-refractivity contribution in [3.63, 3.8) is 0 Å². The van der Waals surface area contributed by atoms with Crippen LogP contribution in [0, 0.1) is 13.8 Å². The van der Waals surface area contributed by atoms with E-state index in [9.17, 15) is 18.0 Å². The molecule has 0 aliphatic rings. The fraction of sp³-hybridized carbons (Fsp3) is 0.259. The summed E-state index contributed by atoms with van der Waals surface area (Å²) in [6.45, 7) is 5.07. The van der Waals surface area contributed by atoms with E-state index >= 15 is 0 Å². The van der Waals surface area contributed by atoms with Gasteiger partial charge in [-0.2, -0.15) is 0 Å². The van der Waals surface area contributed by atoms with Crippen molar-refractivity contribution in [3.05, 3.63) is 94.5 Å². The maximum atomic E-state index is 13.7. The van der Waals surface area contributed by atoms with Crippen molar-refractivity contribution < 1.29 is 18.0 Å². The van der Waals surface area contributed by atoms with Crippen LogP contribution in [0.1, 0.15) is 23.6 Å². The molecule has 0 fully saturated rings. The number of carbonyl (C=O) groups excluding carboxylic acids is 2. The number of nitrogens with one attached hydrogen (secondary N) is 1. The Morgan fingerprint density at radius 3 is 2.14 bits per heavy atom. The predicted molar refractivity (Wildman–Crippen MR) is 142 cm³/mol. The van der Waals surface area contributed by atoms with Gasteiger partial charge in [0.2, 0.25) is 11.8 Å². The second-order valence-corrected chi connectivity index (χ2v) is 10.9. The van der Waals surface area contributed by atoms with Gasteiger partial charge in [-0.25, -0.2) is 8.42 Å². The monoisotopic (exact) mass is 527 g/mol. The summed E-state index contributed by atoms with van der Waals surface area (Å²) in [6.07, 6.45) is 0. The molecule has 3 aromatic rings. The number of hydrogen-bond donors (Lipinski definition) is 1. The molecule has 0 spiro atoms. The topological polar surface area (TPSA) is 86.8 Å². The van der Waals surface area contributed by atoms with E-state index in [2.05, 4.69) is 5.32 Å². The molecule has 3 rings (SSSR count). The van der Waals surface area contributed by atoms with Crippen molar-refractivity contribution in [2.24, 2.45) is 0 Å². The number of amides is 2. The van der Waals surface area contributed by atoms with Crippen LogP contribution < -0.4 is 9.62 Å². The van der Waals surface area contributed by atoms with Gasteiger partial charge in [0.05, 0.1) is 10.6 Å². The maximum absolute atomic E-state index is 13.7. The van der Waals surface area contributed by atoms with Crippen molar-refractivity contribution in [1.29, 1.82) is 0 Å². The van der Waals surface area contributed by atoms with Gasteiger partial charge in [0.25, 0.3) is 10.0 Å². The number of anilines is 1. The highest BCUT2D eigenvalue weighted by atomic mass is 35.5. The van der Waals surface area contributed by atoms with Gasteiger partial charge in [-0.15, -0.1) is 0 Å². The van der Waals surface area contributed by atoms with Gasteiger partial charge in [0, 0.05) is 18.6 Å². The number of halogens is 1. The van der Waals surface area contributed by atoms with E-state index in [1.165, 1.54) is 36.2 Å². The summed E-state index contributed by atoms with van der Waals surface area (Å²) in [6, 6.07) is 19.5. The van der Waals surface area contributed by atoms with Crippen LogP contribution >= 0.6 is 11.6 Å². The predicted octanol–water partition coefficient (Wildman–Crippen LogP) is 4.32. The lowest BCUT2D eigenvalue weighted by Crippen LogP contribution is -2.50. The summed E-state index contributed by atoms with van der Waals surface area (Å²) in [5.74, 6) is -0.856. The first-order valence-electron chi connectivity index (χ1n) is 11.4. The summed E-state index contributed by atoms with van der Waals surface area (Å²) in [7, 11) is -2.62. The molecule has 9 heteroatoms. The standard InChI is InChI=1S/C27H30ClN3O4S/c1-19-7-5-9-22(15-19)17-30(21(3)27(33)29-4)26(32)18-31(24-10-6-8-20(2)16-24)36(34,35)25-13-11-23(28)12-14-25/h5-16,21H,17-18H2,1-4H3,(H,29,33)/t21-/m0/s1. The van der Waals surface area contributed by atoms with Crippen LogP contribution in [0.15, 0.2) is 77.7 Å². The molecule has 0 unspecified atom stereocenters. The smallest absolute Gasteiger partial charge is 0.264 e. The first kappa shape index (κ1) is 27.2. The van der Waals surface area contributed by atoms with Crippen LogP contribution in [-0.2, 0) is 26.2 Å². The van der Waals surface area contributed by atoms with E-state index in [-0.39, 0.29) is 17.3 Å². The molecule has 190 valence electrons. The molecule has 0 radical (unpaired) electrons. The molecule has 0 saturated heterocycles. The molecule has 0 aliphatic heterocycles. The molecular formula is C27H30ClN3O4S. The Balaban J connectivity index is 2.03. The van der Waals surface area contributed by atoms with Crippen LogP contribution in [-0.4, -0.2) is 44.8 Å². The Hall–Kier alpha value is -3.36. The molecular weight excluding hydrogens is 498 g/mol. The highest BCUT2D eigenvalue weighted by molar-refractivity contribution is 7.92. The molecule has 0 aliphatic carbocycles. The fourth-order valence-electron chi connectivity index (χ4n) is 3.84. The van der Waals surface area contributed by atoms with E-state index in [1.807, 2.05) is 44.2 Å². The number of carbonyl (C=O) groups is 2. The Bertz CT molecular complexity index is 1340. The number of nitrogens with zero attached hydrogens (tertiary/aromatic N) is 2. The van der Waals surface area contributed by atoms with Crippen LogP contribution in [0.4, 0.5) is 5.69 Å². The van der Waals surface area contributed by atoms with Crippen molar-refractivity contribution in [2.75, 3.05) is 17.9 Å². The highest BCUT2D eigenvalue weighted by Gasteiger charge is 2.32. The molecule has 0 saturated carbocycles. The largest absolute Gasteiger partial charge is 0.357 e. The van der Waals surface area contributed by atoms with E-state index < -0.39 is 28.5 Å². The van der Waals surface area contributed by atoms with Crippen molar-refractivity contribution in [1.82, 2.24) is 10.2 Å². The van der Waals surface area contributed by atoms with Gasteiger partial charge in [-0.05, 0) is 68.3 Å². The number of aryl methyl sites for hydroxylation is 2. The van der Waals surface area contributed by atoms with Gasteiger partial charge < -0.3 is 10.2 Å². The molecule has 36 heavy (non-hydrogen) atoms. The SMILES string of the molecule is CNC(=O)[C@H](C)N(Cc1cccc(C)c1)C(=O)CN(c1cccc(C)c1)S(=O)(=O)c1ccc(Cl)cc1. The van der Waals surface area contributed by atoms with Crippen molar-refractivity contribution in [2.45, 2.75) is 38.3 Å². The zero-order chi connectivity index (χ0) is 26.5. The lowest BCUT2D eigenvalue weighted by atomic mass is 10.1. The van der Waals surface area contributed by atoms with E-state index in [1.54, 1.807) is 25.1 Å². The summed E-state index contributed by atoms with van der Waals surface area (Å²) >= 11 is 5.96. The molecule has 0 bridgehead atoms. The van der Waals surface area contributed by atoms with E-state index in [4.69, 9.17) is 11.6 Å². The van der Waals surface area contributed by atoms with Crippen LogP contribution in [0.2, 0.25) is 5.02 Å². The fourth-order valence-corrected chi connectivity index (χ4v) is 5.38. The summed E-state index contributed by atoms with van der Waals surface area (Å²) < 4.78 is 28.5. The van der Waals surface area contributed by atoms with E-state index in [0.29, 0.717) is 10.7 Å². The minimum atomic E-state index is -4.12. The number of hydrogen-bond acceptors (Lipinski definition) is 4. The molecule has 7 nitrogen and oxygen atoms in total. The van der Waals surface area contributed by atoms with Gasteiger partial charge in [-0.1, -0.05) is 53.6 Å². The quantitative estimate of drug-likeness (QED) is 0.449. The Morgan fingerprint density at radius 1 is 0.944 bits per heavy atom. The number of benzene rings is 3. The summed E-state index contributed by atoms with van der Waals surface area (Å²) in [4.78, 5) is 27.6. The third kappa shape index (κ3) is 6.44. The molecule has 1 atom stereocenters. The van der Waals surface area contributed by atoms with E-state index in [0.717, 1.165) is 21.0 Å². The Labute approximate surface area is 217 Å². The van der Waals surface area contributed by atoms with Gasteiger partial charge >= 0.3 is 0 Å². The number of likely N-dealkylation sites (N-methyl/N-ethyl adjacent to an activating group) is 1. The normalized spacial score (nSPS) is 12.0. The first-order valence-corrected chi connectivity index (χ1v) is 13.3. The minimum Gasteiger partial charge on any atom is -0.357 e. The lowest BCUT2D eigenvalue weighted by molar-refractivity contribution is -0.139. The Kier molecular flexibility index (Phi) is 8.76. The second-order valence-electron chi connectivity index (χ2n) is 8.61. The van der Waals surface area contributed by atoms with Gasteiger partial charge in [0.15, 0.2) is 0 Å². The second kappa shape index (κ2) is 11.6. The van der Waals surface area contributed by atoms with Crippen LogP contribution in [0.3, 0.4) is 0 Å². The number of rotatable bonds is 9. The maximum Gasteiger partial charge on any atom is 0.264 e. The third-order valence-electron chi connectivity index (χ3n) is 5.82. The van der Waals surface area contributed by atoms with Gasteiger partial charge in [0.1, 0.15) is 12.6 Å². The molecule has 0 heterocycles. The summed E-state index contributed by atoms with van der Waals surface area (Å²) in [5.41, 5.74) is 3.04. The van der Waals surface area contributed by atoms with Crippen LogP contribution in [0.5, 0.6) is 0 Å². The first-order chi connectivity index (χ1) is 17.0. The van der Waals surface area contributed by atoms with Crippen molar-refractivity contribution >= 4 is 39.1 Å². The highest BCUT2D eigenvalue weighted by Crippen LogP contribution is 2.26. The third-order valence-corrected chi connectivity index (χ3v) is 7.86. The minimum absolute atomic E-state index is 0.00536. The molecule has 0 aromatic heterocycles. The Morgan fingerprint density at radius 2 is 1.56 bits per heavy atom. The molecule has 2 amide bonds. The lowest BCUT2D eigenvalue weighted by Gasteiger charge is -2.32. The zero-order valence-electron chi connectivity index (χ0n) is 20.7.